The molecule has 0 radical (unpaired) electrons. The van der Waals surface area contributed by atoms with Crippen molar-refractivity contribution in [1.29, 1.82) is 0 Å². The number of alkyl halides is 3. The van der Waals surface area contributed by atoms with Crippen LogP contribution in [-0.4, -0.2) is 33.5 Å². The van der Waals surface area contributed by atoms with Crippen LogP contribution in [0.5, 0.6) is 0 Å². The highest BCUT2D eigenvalue weighted by Crippen LogP contribution is 2.29. The molecule has 7 heteroatoms. The van der Waals surface area contributed by atoms with Gasteiger partial charge in [-0.15, -0.1) is 0 Å². The molecule has 0 saturated heterocycles. The van der Waals surface area contributed by atoms with Gasteiger partial charge in [-0.2, -0.15) is 13.2 Å². The molecule has 0 bridgehead atoms. The van der Waals surface area contributed by atoms with Crippen molar-refractivity contribution in [3.05, 3.63) is 0 Å². The quantitative estimate of drug-likeness (QED) is 0.777. The summed E-state index contributed by atoms with van der Waals surface area (Å²) < 4.78 is 46.2. The number of halogens is 3. The highest BCUT2D eigenvalue weighted by molar-refractivity contribution is 8.00. The Labute approximate surface area is 88.3 Å². The summed E-state index contributed by atoms with van der Waals surface area (Å²) in [6.07, 6.45) is 0. The van der Waals surface area contributed by atoms with Crippen molar-refractivity contribution >= 4 is 22.6 Å². The van der Waals surface area contributed by atoms with Gasteiger partial charge in [-0.05, 0) is 12.5 Å². The van der Waals surface area contributed by atoms with Gasteiger partial charge in [0.2, 0.25) is 0 Å². The Morgan fingerprint density at radius 2 is 2.07 bits per heavy atom. The van der Waals surface area contributed by atoms with Crippen LogP contribution in [0.2, 0.25) is 0 Å². The van der Waals surface area contributed by atoms with E-state index in [-0.39, 0.29) is 29.2 Å². The molecule has 0 aliphatic rings. The van der Waals surface area contributed by atoms with Crippen LogP contribution in [0.25, 0.3) is 0 Å². The smallest absolute Gasteiger partial charge is 0.330 e. The minimum absolute atomic E-state index is 0.0779. The first-order valence-electron chi connectivity index (χ1n) is 4.11. The van der Waals surface area contributed by atoms with Crippen molar-refractivity contribution < 1.29 is 17.4 Å². The van der Waals surface area contributed by atoms with Crippen LogP contribution in [-0.2, 0) is 10.8 Å². The first kappa shape index (κ1) is 14.2. The lowest BCUT2D eigenvalue weighted by atomic mass is 10.2. The van der Waals surface area contributed by atoms with Gasteiger partial charge in [-0.25, -0.2) is 0 Å². The topological polar surface area (TPSA) is 43.1 Å². The molecule has 14 heavy (non-hydrogen) atoms. The molecule has 0 aliphatic heterocycles. The van der Waals surface area contributed by atoms with Crippen LogP contribution in [0.1, 0.15) is 6.92 Å². The second-order valence-corrected chi connectivity index (χ2v) is 5.73. The number of hydrogen-bond acceptors (Lipinski definition) is 3. The van der Waals surface area contributed by atoms with E-state index < -0.39 is 16.3 Å². The maximum absolute atomic E-state index is 11.7. The highest BCUT2D eigenvalue weighted by atomic mass is 32.2. The second-order valence-electron chi connectivity index (χ2n) is 2.95. The predicted octanol–water partition coefficient (Wildman–Crippen LogP) is 1.58. The van der Waals surface area contributed by atoms with E-state index in [2.05, 4.69) is 0 Å². The lowest BCUT2D eigenvalue weighted by Gasteiger charge is -2.08. The normalized spacial score (nSPS) is 16.6. The fourth-order valence-electron chi connectivity index (χ4n) is 0.719. The Morgan fingerprint density at radius 1 is 1.50 bits per heavy atom. The number of rotatable bonds is 6. The maximum Gasteiger partial charge on any atom is 0.441 e. The molecule has 0 aromatic carbocycles. The largest absolute Gasteiger partial charge is 0.441 e. The summed E-state index contributed by atoms with van der Waals surface area (Å²) in [6.45, 7) is 2.24. The third-order valence-electron chi connectivity index (χ3n) is 1.45. The molecule has 2 nitrogen and oxygen atoms in total. The molecule has 0 rings (SSSR count). The summed E-state index contributed by atoms with van der Waals surface area (Å²) in [5, 5.41) is 0. The Balaban J connectivity index is 3.55. The average Bonchev–Trinajstić information content (AvgIpc) is 2.01. The van der Waals surface area contributed by atoms with Crippen molar-refractivity contribution in [1.82, 2.24) is 0 Å². The molecule has 0 aromatic rings. The van der Waals surface area contributed by atoms with E-state index >= 15 is 0 Å². The molecule has 0 aliphatic carbocycles. The van der Waals surface area contributed by atoms with Gasteiger partial charge in [0.15, 0.2) is 0 Å². The molecule has 0 amide bonds. The summed E-state index contributed by atoms with van der Waals surface area (Å²) in [5.41, 5.74) is 1.08. The van der Waals surface area contributed by atoms with Crippen molar-refractivity contribution in [2.24, 2.45) is 11.7 Å². The van der Waals surface area contributed by atoms with Crippen LogP contribution in [0.4, 0.5) is 13.2 Å². The Morgan fingerprint density at radius 3 is 2.50 bits per heavy atom. The van der Waals surface area contributed by atoms with E-state index in [1.54, 1.807) is 0 Å². The fourth-order valence-corrected chi connectivity index (χ4v) is 2.96. The molecule has 0 fully saturated rings. The van der Waals surface area contributed by atoms with Gasteiger partial charge in [-0.3, -0.25) is 4.21 Å². The van der Waals surface area contributed by atoms with Crippen molar-refractivity contribution in [2.75, 3.05) is 23.8 Å². The summed E-state index contributed by atoms with van der Waals surface area (Å²) in [6, 6.07) is 0. The molecule has 0 heterocycles. The van der Waals surface area contributed by atoms with Gasteiger partial charge in [0.1, 0.15) is 0 Å². The lowest BCUT2D eigenvalue weighted by Crippen LogP contribution is -2.20. The van der Waals surface area contributed by atoms with E-state index in [0.717, 1.165) is 0 Å². The van der Waals surface area contributed by atoms with E-state index in [0.29, 0.717) is 12.3 Å². The number of hydrogen-bond donors (Lipinski definition) is 1. The predicted molar refractivity (Wildman–Crippen MR) is 54.6 cm³/mol. The van der Waals surface area contributed by atoms with E-state index in [4.69, 9.17) is 5.73 Å². The zero-order valence-electron chi connectivity index (χ0n) is 7.84. The van der Waals surface area contributed by atoms with Gasteiger partial charge in [0.25, 0.3) is 0 Å². The molecular weight excluding hydrogens is 235 g/mol. The average molecular weight is 249 g/mol. The first-order valence-corrected chi connectivity index (χ1v) is 6.58. The summed E-state index contributed by atoms with van der Waals surface area (Å²) >= 11 is -0.128. The van der Waals surface area contributed by atoms with Gasteiger partial charge in [-0.1, -0.05) is 18.7 Å². The van der Waals surface area contributed by atoms with Gasteiger partial charge in [0, 0.05) is 28.1 Å². The summed E-state index contributed by atoms with van der Waals surface area (Å²) in [7, 11) is -1.19. The molecular formula is C7H14F3NOS2. The second kappa shape index (κ2) is 6.68. The standard InChI is InChI=1S/C7H14F3NOS2/c1-6(4-11)5-14(12)3-2-13-7(8,9)10/h6H,2-5,11H2,1H3. The van der Waals surface area contributed by atoms with Crippen LogP contribution in [0.15, 0.2) is 0 Å². The monoisotopic (exact) mass is 249 g/mol. The van der Waals surface area contributed by atoms with Crippen LogP contribution in [0.3, 0.4) is 0 Å². The molecule has 0 spiro atoms. The van der Waals surface area contributed by atoms with Crippen LogP contribution < -0.4 is 5.73 Å². The Kier molecular flexibility index (Phi) is 6.80. The third-order valence-corrected chi connectivity index (χ3v) is 4.04. The summed E-state index contributed by atoms with van der Waals surface area (Å²) in [4.78, 5) is 0. The van der Waals surface area contributed by atoms with Gasteiger partial charge in [0.05, 0.1) is 0 Å². The number of nitrogens with two attached hydrogens (primary N) is 1. The van der Waals surface area contributed by atoms with E-state index in [1.807, 2.05) is 6.92 Å². The van der Waals surface area contributed by atoms with E-state index in [1.165, 1.54) is 0 Å². The Hall–Kier alpha value is 0.250. The van der Waals surface area contributed by atoms with Crippen molar-refractivity contribution in [3.63, 3.8) is 0 Å². The van der Waals surface area contributed by atoms with Crippen LogP contribution in [0, 0.1) is 5.92 Å². The molecule has 0 aromatic heterocycles. The minimum Gasteiger partial charge on any atom is -0.330 e. The highest BCUT2D eigenvalue weighted by Gasteiger charge is 2.27. The van der Waals surface area contributed by atoms with Crippen molar-refractivity contribution in [2.45, 2.75) is 12.4 Å². The molecule has 2 N–H and O–H groups in total. The molecule has 86 valence electrons. The SMILES string of the molecule is CC(CN)CS(=O)CCSC(F)(F)F. The van der Waals surface area contributed by atoms with Gasteiger partial charge < -0.3 is 5.73 Å². The molecule has 2 unspecified atom stereocenters. The van der Waals surface area contributed by atoms with Gasteiger partial charge >= 0.3 is 5.51 Å². The van der Waals surface area contributed by atoms with Crippen LogP contribution >= 0.6 is 11.8 Å². The fraction of sp³-hybridized carbons (Fsp3) is 1.00. The van der Waals surface area contributed by atoms with E-state index in [9.17, 15) is 17.4 Å². The molecule has 2 atom stereocenters. The molecule has 0 saturated carbocycles. The maximum atomic E-state index is 11.7. The third kappa shape index (κ3) is 8.83. The van der Waals surface area contributed by atoms with Crippen molar-refractivity contribution in [3.8, 4) is 0 Å². The lowest BCUT2D eigenvalue weighted by molar-refractivity contribution is -0.0326. The minimum atomic E-state index is -4.22. The zero-order chi connectivity index (χ0) is 11.2. The number of thioether (sulfide) groups is 1. The zero-order valence-corrected chi connectivity index (χ0v) is 9.47. The summed E-state index contributed by atoms with van der Waals surface area (Å²) in [5.74, 6) is 0.420. The Bertz CT molecular complexity index is 186. The first-order chi connectivity index (χ1) is 6.35.